The van der Waals surface area contributed by atoms with Crippen LogP contribution < -0.4 is 5.73 Å². The zero-order valence-electron chi connectivity index (χ0n) is 11.8. The number of nitrogens with zero attached hydrogens (tertiary/aromatic N) is 1. The highest BCUT2D eigenvalue weighted by atomic mass is 14.8. The van der Waals surface area contributed by atoms with Gasteiger partial charge in [0.1, 0.15) is 0 Å². The van der Waals surface area contributed by atoms with Gasteiger partial charge in [-0.15, -0.1) is 0 Å². The molecule has 0 aliphatic heterocycles. The fraction of sp³-hybridized carbons (Fsp3) is 0.471. The first-order valence-corrected chi connectivity index (χ1v) is 7.42. The average molecular weight is 256 g/mol. The lowest BCUT2D eigenvalue weighted by Crippen LogP contribution is -2.11. The number of nitrogens with two attached hydrogens (primary N) is 1. The van der Waals surface area contributed by atoms with Crippen molar-refractivity contribution in [2.75, 3.05) is 0 Å². The Morgan fingerprint density at radius 3 is 2.63 bits per heavy atom. The molecule has 0 saturated carbocycles. The number of unbranched alkanes of at least 4 members (excludes halogenated alkanes) is 4. The summed E-state index contributed by atoms with van der Waals surface area (Å²) in [5.74, 6) is 0. The summed E-state index contributed by atoms with van der Waals surface area (Å²) in [6.07, 6.45) is 7.48. The molecule has 1 atom stereocenters. The van der Waals surface area contributed by atoms with E-state index in [4.69, 9.17) is 5.73 Å². The van der Waals surface area contributed by atoms with Gasteiger partial charge in [0.25, 0.3) is 0 Å². The molecule has 2 N–H and O–H groups in total. The van der Waals surface area contributed by atoms with E-state index in [0.717, 1.165) is 17.6 Å². The minimum Gasteiger partial charge on any atom is -0.323 e. The molecule has 0 radical (unpaired) electrons. The fourth-order valence-corrected chi connectivity index (χ4v) is 2.40. The largest absolute Gasteiger partial charge is 0.323 e. The van der Waals surface area contributed by atoms with Gasteiger partial charge in [-0.2, -0.15) is 0 Å². The van der Waals surface area contributed by atoms with Crippen LogP contribution in [0.25, 0.3) is 10.9 Å². The zero-order valence-corrected chi connectivity index (χ0v) is 11.8. The van der Waals surface area contributed by atoms with Crippen molar-refractivity contribution in [2.24, 2.45) is 5.73 Å². The molecule has 2 aromatic rings. The van der Waals surface area contributed by atoms with Crippen molar-refractivity contribution in [3.63, 3.8) is 0 Å². The second-order valence-corrected chi connectivity index (χ2v) is 5.24. The van der Waals surface area contributed by atoms with Gasteiger partial charge in [-0.3, -0.25) is 4.98 Å². The molecule has 2 heteroatoms. The van der Waals surface area contributed by atoms with Crippen molar-refractivity contribution in [1.29, 1.82) is 0 Å². The molecule has 0 amide bonds. The predicted octanol–water partition coefficient (Wildman–Crippen LogP) is 4.60. The minimum absolute atomic E-state index is 0.0752. The summed E-state index contributed by atoms with van der Waals surface area (Å²) in [5.41, 5.74) is 8.30. The molecule has 0 fully saturated rings. The summed E-state index contributed by atoms with van der Waals surface area (Å²) in [6.45, 7) is 2.24. The van der Waals surface area contributed by atoms with E-state index in [-0.39, 0.29) is 6.04 Å². The molecule has 1 unspecified atom stereocenters. The van der Waals surface area contributed by atoms with Crippen LogP contribution in [0.4, 0.5) is 0 Å². The summed E-state index contributed by atoms with van der Waals surface area (Å²) in [4.78, 5) is 4.67. The molecule has 1 aromatic heterocycles. The van der Waals surface area contributed by atoms with E-state index in [1.54, 1.807) is 0 Å². The van der Waals surface area contributed by atoms with Crippen molar-refractivity contribution in [2.45, 2.75) is 51.5 Å². The summed E-state index contributed by atoms with van der Waals surface area (Å²) in [6, 6.07) is 12.5. The molecule has 0 aliphatic rings. The van der Waals surface area contributed by atoms with Crippen LogP contribution >= 0.6 is 0 Å². The van der Waals surface area contributed by atoms with Gasteiger partial charge in [-0.25, -0.2) is 0 Å². The maximum Gasteiger partial charge on any atom is 0.0706 e. The third-order valence-corrected chi connectivity index (χ3v) is 3.62. The van der Waals surface area contributed by atoms with Crippen LogP contribution in [-0.4, -0.2) is 4.98 Å². The summed E-state index contributed by atoms with van der Waals surface area (Å²) in [7, 11) is 0. The predicted molar refractivity (Wildman–Crippen MR) is 82.0 cm³/mol. The Kier molecular flexibility index (Phi) is 5.34. The van der Waals surface area contributed by atoms with Crippen LogP contribution in [-0.2, 0) is 0 Å². The molecule has 2 rings (SSSR count). The van der Waals surface area contributed by atoms with Crippen molar-refractivity contribution in [3.05, 3.63) is 42.1 Å². The summed E-state index contributed by atoms with van der Waals surface area (Å²) in [5, 5.41) is 1.18. The normalized spacial score (nSPS) is 12.7. The Balaban J connectivity index is 1.91. The van der Waals surface area contributed by atoms with Gasteiger partial charge in [0.2, 0.25) is 0 Å². The zero-order chi connectivity index (χ0) is 13.5. The number of rotatable bonds is 7. The molecule has 0 bridgehead atoms. The molecular weight excluding hydrogens is 232 g/mol. The Morgan fingerprint density at radius 2 is 1.79 bits per heavy atom. The van der Waals surface area contributed by atoms with E-state index in [2.05, 4.69) is 30.1 Å². The molecule has 1 aromatic carbocycles. The van der Waals surface area contributed by atoms with Gasteiger partial charge in [-0.05, 0) is 18.6 Å². The third-order valence-electron chi connectivity index (χ3n) is 3.62. The van der Waals surface area contributed by atoms with Crippen molar-refractivity contribution < 1.29 is 0 Å². The smallest absolute Gasteiger partial charge is 0.0706 e. The first-order chi connectivity index (χ1) is 9.31. The first kappa shape index (κ1) is 14.0. The highest BCUT2D eigenvalue weighted by Crippen LogP contribution is 2.19. The SMILES string of the molecule is CCCCCCCC(N)c1ccc2ccccc2n1. The van der Waals surface area contributed by atoms with Gasteiger partial charge < -0.3 is 5.73 Å². The van der Waals surface area contributed by atoms with Gasteiger partial charge in [0, 0.05) is 11.4 Å². The lowest BCUT2D eigenvalue weighted by molar-refractivity contribution is 0.549. The average Bonchev–Trinajstić information content (AvgIpc) is 2.46. The molecular formula is C17H24N2. The van der Waals surface area contributed by atoms with Crippen LogP contribution in [0.3, 0.4) is 0 Å². The Bertz CT molecular complexity index is 507. The van der Waals surface area contributed by atoms with Crippen molar-refractivity contribution in [1.82, 2.24) is 4.98 Å². The number of fused-ring (bicyclic) bond motifs is 1. The Morgan fingerprint density at radius 1 is 1.00 bits per heavy atom. The lowest BCUT2D eigenvalue weighted by Gasteiger charge is -2.11. The number of aromatic nitrogens is 1. The van der Waals surface area contributed by atoms with E-state index in [1.807, 2.05) is 18.2 Å². The van der Waals surface area contributed by atoms with Crippen molar-refractivity contribution in [3.8, 4) is 0 Å². The summed E-state index contributed by atoms with van der Waals surface area (Å²) >= 11 is 0. The quantitative estimate of drug-likeness (QED) is 0.735. The highest BCUT2D eigenvalue weighted by Gasteiger charge is 2.07. The maximum atomic E-state index is 6.24. The molecule has 19 heavy (non-hydrogen) atoms. The van der Waals surface area contributed by atoms with Crippen molar-refractivity contribution >= 4 is 10.9 Å². The van der Waals surface area contributed by atoms with Crippen LogP contribution in [0.15, 0.2) is 36.4 Å². The number of para-hydroxylation sites is 1. The van der Waals surface area contributed by atoms with E-state index in [0.29, 0.717) is 0 Å². The second-order valence-electron chi connectivity index (χ2n) is 5.24. The molecule has 0 spiro atoms. The molecule has 1 heterocycles. The van der Waals surface area contributed by atoms with Crippen LogP contribution in [0.2, 0.25) is 0 Å². The maximum absolute atomic E-state index is 6.24. The van der Waals surface area contributed by atoms with Crippen LogP contribution in [0.5, 0.6) is 0 Å². The van der Waals surface area contributed by atoms with E-state index >= 15 is 0 Å². The van der Waals surface area contributed by atoms with Gasteiger partial charge in [-0.1, -0.05) is 63.3 Å². The van der Waals surface area contributed by atoms with Gasteiger partial charge in [0.15, 0.2) is 0 Å². The van der Waals surface area contributed by atoms with Gasteiger partial charge in [0.05, 0.1) is 11.2 Å². The monoisotopic (exact) mass is 256 g/mol. The fourth-order valence-electron chi connectivity index (χ4n) is 2.40. The number of benzene rings is 1. The number of pyridine rings is 1. The number of hydrogen-bond acceptors (Lipinski definition) is 2. The van der Waals surface area contributed by atoms with Crippen LogP contribution in [0.1, 0.15) is 57.2 Å². The highest BCUT2D eigenvalue weighted by molar-refractivity contribution is 5.78. The van der Waals surface area contributed by atoms with Crippen LogP contribution in [0, 0.1) is 0 Å². The lowest BCUT2D eigenvalue weighted by atomic mass is 10.0. The molecule has 102 valence electrons. The Labute approximate surface area is 116 Å². The standard InChI is InChI=1S/C17H24N2/c1-2-3-4-5-6-10-15(18)17-13-12-14-9-7-8-11-16(14)19-17/h7-9,11-13,15H,2-6,10,18H2,1H3. The number of hydrogen-bond donors (Lipinski definition) is 1. The summed E-state index contributed by atoms with van der Waals surface area (Å²) < 4.78 is 0. The molecule has 0 saturated heterocycles. The van der Waals surface area contributed by atoms with Gasteiger partial charge >= 0.3 is 0 Å². The van der Waals surface area contributed by atoms with E-state index in [1.165, 1.54) is 37.5 Å². The molecule has 2 nitrogen and oxygen atoms in total. The molecule has 0 aliphatic carbocycles. The van der Waals surface area contributed by atoms with E-state index < -0.39 is 0 Å². The van der Waals surface area contributed by atoms with E-state index in [9.17, 15) is 0 Å². The Hall–Kier alpha value is -1.41. The second kappa shape index (κ2) is 7.25. The third kappa shape index (κ3) is 4.03. The minimum atomic E-state index is 0.0752. The topological polar surface area (TPSA) is 38.9 Å². The first-order valence-electron chi connectivity index (χ1n) is 7.42.